The third-order valence-electron chi connectivity index (χ3n) is 4.79. The van der Waals surface area contributed by atoms with Gasteiger partial charge in [0.05, 0.1) is 18.4 Å². The molecule has 0 bridgehead atoms. The van der Waals surface area contributed by atoms with Gasteiger partial charge < -0.3 is 19.8 Å². The summed E-state index contributed by atoms with van der Waals surface area (Å²) in [6.07, 6.45) is 1.52. The number of amides is 2. The standard InChI is InChI=1S/C22H27N3O4/c1-4-25(13-16-9-6-8-15(3)12-16)14-17-19(21(26)28-5-2)20(24-22(27)23-17)18-10-7-11-29-18/h6-12,20H,4-5,13-14H2,1-3H3,(H2,23,24,27). The smallest absolute Gasteiger partial charge is 0.338 e. The Morgan fingerprint density at radius 2 is 2.03 bits per heavy atom. The zero-order valence-electron chi connectivity index (χ0n) is 17.0. The topological polar surface area (TPSA) is 83.8 Å². The minimum atomic E-state index is -0.689. The summed E-state index contributed by atoms with van der Waals surface area (Å²) in [6.45, 7) is 7.97. The van der Waals surface area contributed by atoms with Crippen molar-refractivity contribution in [1.82, 2.24) is 15.5 Å². The molecular formula is C22H27N3O4. The van der Waals surface area contributed by atoms with Crippen molar-refractivity contribution in [1.29, 1.82) is 0 Å². The summed E-state index contributed by atoms with van der Waals surface area (Å²) in [4.78, 5) is 27.2. The van der Waals surface area contributed by atoms with Crippen LogP contribution in [0.2, 0.25) is 0 Å². The summed E-state index contributed by atoms with van der Waals surface area (Å²) < 4.78 is 10.7. The second kappa shape index (κ2) is 9.43. The number of hydrogen-bond donors (Lipinski definition) is 2. The van der Waals surface area contributed by atoms with E-state index in [4.69, 9.17) is 9.15 Å². The van der Waals surface area contributed by atoms with Gasteiger partial charge in [-0.05, 0) is 38.1 Å². The van der Waals surface area contributed by atoms with Crippen molar-refractivity contribution in [3.8, 4) is 0 Å². The molecule has 2 aromatic rings. The van der Waals surface area contributed by atoms with Gasteiger partial charge in [0, 0.05) is 18.8 Å². The maximum atomic E-state index is 12.8. The van der Waals surface area contributed by atoms with Crippen molar-refractivity contribution in [2.45, 2.75) is 33.4 Å². The molecule has 1 aromatic carbocycles. The predicted octanol–water partition coefficient (Wildman–Crippen LogP) is 3.28. The van der Waals surface area contributed by atoms with Gasteiger partial charge in [-0.3, -0.25) is 4.90 Å². The van der Waals surface area contributed by atoms with Gasteiger partial charge in [-0.25, -0.2) is 9.59 Å². The van der Waals surface area contributed by atoms with Gasteiger partial charge in [-0.1, -0.05) is 36.8 Å². The molecule has 1 aliphatic heterocycles. The van der Waals surface area contributed by atoms with Crippen molar-refractivity contribution in [3.05, 3.63) is 70.8 Å². The Hall–Kier alpha value is -3.06. The van der Waals surface area contributed by atoms with Crippen LogP contribution in [0.3, 0.4) is 0 Å². The van der Waals surface area contributed by atoms with Gasteiger partial charge in [0.2, 0.25) is 0 Å². The van der Waals surface area contributed by atoms with Crippen LogP contribution in [0, 0.1) is 6.92 Å². The van der Waals surface area contributed by atoms with Crippen LogP contribution in [0.15, 0.2) is 58.3 Å². The highest BCUT2D eigenvalue weighted by Crippen LogP contribution is 2.28. The van der Waals surface area contributed by atoms with E-state index in [9.17, 15) is 9.59 Å². The van der Waals surface area contributed by atoms with E-state index in [1.165, 1.54) is 17.4 Å². The first-order valence-electron chi connectivity index (χ1n) is 9.80. The SMILES string of the molecule is CCOC(=O)C1=C(CN(CC)Cc2cccc(C)c2)NC(=O)NC1c1ccco1. The van der Waals surface area contributed by atoms with Crippen LogP contribution in [0.5, 0.6) is 0 Å². The Balaban J connectivity index is 1.92. The number of furan rings is 1. The number of urea groups is 1. The number of nitrogens with one attached hydrogen (secondary N) is 2. The fourth-order valence-electron chi connectivity index (χ4n) is 3.43. The number of aryl methyl sites for hydroxylation is 1. The van der Waals surface area contributed by atoms with Crippen LogP contribution >= 0.6 is 0 Å². The van der Waals surface area contributed by atoms with Crippen molar-refractivity contribution in [2.24, 2.45) is 0 Å². The maximum Gasteiger partial charge on any atom is 0.338 e. The Morgan fingerprint density at radius 1 is 1.21 bits per heavy atom. The summed E-state index contributed by atoms with van der Waals surface area (Å²) in [5.41, 5.74) is 3.26. The molecule has 0 aliphatic carbocycles. The average Bonchev–Trinajstić information content (AvgIpc) is 3.22. The molecule has 1 aromatic heterocycles. The summed E-state index contributed by atoms with van der Waals surface area (Å²) in [5, 5.41) is 5.57. The van der Waals surface area contributed by atoms with Gasteiger partial charge in [0.15, 0.2) is 0 Å². The van der Waals surface area contributed by atoms with Crippen LogP contribution in [0.4, 0.5) is 4.79 Å². The largest absolute Gasteiger partial charge is 0.467 e. The molecule has 0 saturated heterocycles. The van der Waals surface area contributed by atoms with Crippen molar-refractivity contribution >= 4 is 12.0 Å². The number of carbonyl (C=O) groups is 2. The van der Waals surface area contributed by atoms with Crippen LogP contribution in [-0.2, 0) is 16.1 Å². The van der Waals surface area contributed by atoms with E-state index in [2.05, 4.69) is 40.7 Å². The summed E-state index contributed by atoms with van der Waals surface area (Å²) in [5.74, 6) is 0.0187. The lowest BCUT2D eigenvalue weighted by molar-refractivity contribution is -0.139. The van der Waals surface area contributed by atoms with E-state index in [1.807, 2.05) is 13.0 Å². The highest BCUT2D eigenvalue weighted by molar-refractivity contribution is 5.95. The first kappa shape index (κ1) is 20.7. The van der Waals surface area contributed by atoms with Crippen molar-refractivity contribution in [3.63, 3.8) is 0 Å². The minimum absolute atomic E-state index is 0.245. The van der Waals surface area contributed by atoms with Gasteiger partial charge in [-0.15, -0.1) is 0 Å². The van der Waals surface area contributed by atoms with E-state index >= 15 is 0 Å². The molecule has 7 nitrogen and oxygen atoms in total. The summed E-state index contributed by atoms with van der Waals surface area (Å²) >= 11 is 0. The molecule has 1 aliphatic rings. The molecule has 0 radical (unpaired) electrons. The van der Waals surface area contributed by atoms with Gasteiger partial charge in [0.25, 0.3) is 0 Å². The zero-order valence-corrected chi connectivity index (χ0v) is 17.0. The molecule has 0 fully saturated rings. The van der Waals surface area contributed by atoms with E-state index in [0.29, 0.717) is 30.1 Å². The van der Waals surface area contributed by atoms with Crippen LogP contribution < -0.4 is 10.6 Å². The second-order valence-electron chi connectivity index (χ2n) is 6.95. The molecular weight excluding hydrogens is 370 g/mol. The molecule has 3 rings (SSSR count). The predicted molar refractivity (Wildman–Crippen MR) is 109 cm³/mol. The van der Waals surface area contributed by atoms with Crippen LogP contribution in [-0.4, -0.2) is 36.6 Å². The van der Waals surface area contributed by atoms with E-state index in [1.54, 1.807) is 19.1 Å². The highest BCUT2D eigenvalue weighted by Gasteiger charge is 2.35. The number of nitrogens with zero attached hydrogens (tertiary/aromatic N) is 1. The molecule has 154 valence electrons. The van der Waals surface area contributed by atoms with Gasteiger partial charge in [0.1, 0.15) is 11.8 Å². The lowest BCUT2D eigenvalue weighted by atomic mass is 9.99. The van der Waals surface area contributed by atoms with Crippen LogP contribution in [0.25, 0.3) is 0 Å². The number of likely N-dealkylation sites (N-methyl/N-ethyl adjacent to an activating group) is 1. The average molecular weight is 397 g/mol. The third-order valence-corrected chi connectivity index (χ3v) is 4.79. The zero-order chi connectivity index (χ0) is 20.8. The molecule has 0 saturated carbocycles. The van der Waals surface area contributed by atoms with Crippen molar-refractivity contribution < 1.29 is 18.7 Å². The molecule has 0 spiro atoms. The van der Waals surface area contributed by atoms with E-state index in [0.717, 1.165) is 6.54 Å². The molecule has 2 heterocycles. The number of hydrogen-bond acceptors (Lipinski definition) is 5. The lowest BCUT2D eigenvalue weighted by Crippen LogP contribution is -2.48. The molecule has 1 atom stereocenters. The van der Waals surface area contributed by atoms with Crippen molar-refractivity contribution in [2.75, 3.05) is 19.7 Å². The number of rotatable bonds is 8. The number of carbonyl (C=O) groups excluding carboxylic acids is 2. The number of benzene rings is 1. The van der Waals surface area contributed by atoms with Gasteiger partial charge >= 0.3 is 12.0 Å². The number of ether oxygens (including phenoxy) is 1. The Bertz CT molecular complexity index is 889. The highest BCUT2D eigenvalue weighted by atomic mass is 16.5. The maximum absolute atomic E-state index is 12.8. The fourth-order valence-corrected chi connectivity index (χ4v) is 3.43. The monoisotopic (exact) mass is 397 g/mol. The molecule has 2 amide bonds. The normalized spacial score (nSPS) is 16.6. The summed E-state index contributed by atoms with van der Waals surface area (Å²) in [6, 6.07) is 10.7. The first-order chi connectivity index (χ1) is 14.0. The second-order valence-corrected chi connectivity index (χ2v) is 6.95. The lowest BCUT2D eigenvalue weighted by Gasteiger charge is -2.31. The Morgan fingerprint density at radius 3 is 2.69 bits per heavy atom. The summed E-state index contributed by atoms with van der Waals surface area (Å²) in [7, 11) is 0. The third kappa shape index (κ3) is 5.06. The van der Waals surface area contributed by atoms with Gasteiger partial charge in [-0.2, -0.15) is 0 Å². The van der Waals surface area contributed by atoms with E-state index < -0.39 is 12.0 Å². The number of esters is 1. The fraction of sp³-hybridized carbons (Fsp3) is 0.364. The quantitative estimate of drug-likeness (QED) is 0.668. The van der Waals surface area contributed by atoms with E-state index in [-0.39, 0.29) is 12.6 Å². The molecule has 1 unspecified atom stereocenters. The van der Waals surface area contributed by atoms with Crippen LogP contribution in [0.1, 0.15) is 36.8 Å². The molecule has 2 N–H and O–H groups in total. The first-order valence-corrected chi connectivity index (χ1v) is 9.80. The molecule has 7 heteroatoms. The Labute approximate surface area is 170 Å². The Kier molecular flexibility index (Phi) is 6.72. The molecule has 29 heavy (non-hydrogen) atoms. The minimum Gasteiger partial charge on any atom is -0.467 e.